The molecule has 25 heavy (non-hydrogen) atoms. The zero-order valence-electron chi connectivity index (χ0n) is 14.5. The van der Waals surface area contributed by atoms with Crippen molar-refractivity contribution in [1.82, 2.24) is 5.32 Å². The number of carbonyl (C=O) groups excluding carboxylic acids is 1. The molecule has 0 aromatic heterocycles. The van der Waals surface area contributed by atoms with Gasteiger partial charge in [0.1, 0.15) is 6.04 Å². The molecule has 2 aromatic carbocycles. The van der Waals surface area contributed by atoms with E-state index in [1.54, 1.807) is 31.2 Å². The SMILES string of the molecule is C[C@H](NC(=O)[C@@H](C)Nc1ccc(NS(C)(=O)=O)cc1)c1ccccc1. The number of amides is 1. The van der Waals surface area contributed by atoms with Crippen LogP contribution in [0.3, 0.4) is 0 Å². The summed E-state index contributed by atoms with van der Waals surface area (Å²) in [5.74, 6) is -0.116. The first-order valence-electron chi connectivity index (χ1n) is 7.94. The van der Waals surface area contributed by atoms with Crippen molar-refractivity contribution in [2.24, 2.45) is 0 Å². The van der Waals surface area contributed by atoms with Crippen LogP contribution in [0.5, 0.6) is 0 Å². The fourth-order valence-electron chi connectivity index (χ4n) is 2.33. The van der Waals surface area contributed by atoms with Gasteiger partial charge in [0, 0.05) is 11.4 Å². The van der Waals surface area contributed by atoms with Gasteiger partial charge in [-0.25, -0.2) is 8.42 Å². The molecule has 0 saturated carbocycles. The van der Waals surface area contributed by atoms with Gasteiger partial charge in [0.05, 0.1) is 12.3 Å². The van der Waals surface area contributed by atoms with E-state index in [2.05, 4.69) is 15.4 Å². The Morgan fingerprint density at radius 1 is 0.920 bits per heavy atom. The molecule has 0 bridgehead atoms. The molecule has 0 fully saturated rings. The largest absolute Gasteiger partial charge is 0.374 e. The van der Waals surface area contributed by atoms with Crippen molar-refractivity contribution < 1.29 is 13.2 Å². The average molecular weight is 361 g/mol. The van der Waals surface area contributed by atoms with Gasteiger partial charge in [-0.2, -0.15) is 0 Å². The summed E-state index contributed by atoms with van der Waals surface area (Å²) in [5, 5.41) is 6.06. The van der Waals surface area contributed by atoms with E-state index in [1.165, 1.54) is 0 Å². The van der Waals surface area contributed by atoms with Gasteiger partial charge in [-0.05, 0) is 43.7 Å². The van der Waals surface area contributed by atoms with Crippen molar-refractivity contribution in [1.29, 1.82) is 0 Å². The number of benzene rings is 2. The van der Waals surface area contributed by atoms with Crippen molar-refractivity contribution in [2.75, 3.05) is 16.3 Å². The number of anilines is 2. The lowest BCUT2D eigenvalue weighted by atomic mass is 10.1. The van der Waals surface area contributed by atoms with Crippen LogP contribution in [0.2, 0.25) is 0 Å². The summed E-state index contributed by atoms with van der Waals surface area (Å²) in [6, 6.07) is 15.9. The predicted octanol–water partition coefficient (Wildman–Crippen LogP) is 2.74. The molecule has 0 saturated heterocycles. The molecule has 6 nitrogen and oxygen atoms in total. The first-order valence-corrected chi connectivity index (χ1v) is 9.83. The number of rotatable bonds is 7. The highest BCUT2D eigenvalue weighted by Gasteiger charge is 2.16. The minimum Gasteiger partial charge on any atom is -0.374 e. The van der Waals surface area contributed by atoms with Crippen LogP contribution < -0.4 is 15.4 Å². The molecule has 0 aliphatic rings. The number of sulfonamides is 1. The first-order chi connectivity index (χ1) is 11.7. The van der Waals surface area contributed by atoms with Gasteiger partial charge in [0.2, 0.25) is 15.9 Å². The highest BCUT2D eigenvalue weighted by Crippen LogP contribution is 2.16. The van der Waals surface area contributed by atoms with Crippen LogP contribution in [0.4, 0.5) is 11.4 Å². The molecule has 2 atom stereocenters. The van der Waals surface area contributed by atoms with Crippen molar-refractivity contribution >= 4 is 27.3 Å². The van der Waals surface area contributed by atoms with Gasteiger partial charge in [0.25, 0.3) is 0 Å². The maximum Gasteiger partial charge on any atom is 0.242 e. The maximum atomic E-state index is 12.3. The molecular weight excluding hydrogens is 338 g/mol. The van der Waals surface area contributed by atoms with E-state index in [0.717, 1.165) is 17.5 Å². The second kappa shape index (κ2) is 8.02. The Balaban J connectivity index is 1.92. The van der Waals surface area contributed by atoms with Crippen molar-refractivity contribution in [3.8, 4) is 0 Å². The van der Waals surface area contributed by atoms with Crippen molar-refractivity contribution in [2.45, 2.75) is 25.9 Å². The van der Waals surface area contributed by atoms with Crippen LogP contribution in [0.15, 0.2) is 54.6 Å². The average Bonchev–Trinajstić information content (AvgIpc) is 2.56. The summed E-state index contributed by atoms with van der Waals surface area (Å²) in [4.78, 5) is 12.3. The van der Waals surface area contributed by atoms with Gasteiger partial charge in [-0.15, -0.1) is 0 Å². The topological polar surface area (TPSA) is 87.3 Å². The van der Waals surface area contributed by atoms with Gasteiger partial charge < -0.3 is 10.6 Å². The number of carbonyl (C=O) groups is 1. The van der Waals surface area contributed by atoms with E-state index >= 15 is 0 Å². The summed E-state index contributed by atoms with van der Waals surface area (Å²) in [6.45, 7) is 3.71. The molecule has 2 aromatic rings. The Morgan fingerprint density at radius 3 is 2.04 bits per heavy atom. The van der Waals surface area contributed by atoms with E-state index in [9.17, 15) is 13.2 Å². The fraction of sp³-hybridized carbons (Fsp3) is 0.278. The molecular formula is C18H23N3O3S. The summed E-state index contributed by atoms with van der Waals surface area (Å²) < 4.78 is 24.8. The van der Waals surface area contributed by atoms with E-state index in [0.29, 0.717) is 5.69 Å². The van der Waals surface area contributed by atoms with Crippen molar-refractivity contribution in [3.63, 3.8) is 0 Å². The Hall–Kier alpha value is -2.54. The Labute approximate surface area is 148 Å². The standard InChI is InChI=1S/C18H23N3O3S/c1-13(15-7-5-4-6-8-15)20-18(22)14(2)19-16-9-11-17(12-10-16)21-25(3,23)24/h4-14,19,21H,1-3H3,(H,20,22)/t13-,14+/m0/s1. The minimum absolute atomic E-state index is 0.0840. The third kappa shape index (κ3) is 6.11. The fourth-order valence-corrected chi connectivity index (χ4v) is 2.89. The lowest BCUT2D eigenvalue weighted by Gasteiger charge is -2.19. The lowest BCUT2D eigenvalue weighted by Crippen LogP contribution is -2.38. The molecule has 134 valence electrons. The number of hydrogen-bond acceptors (Lipinski definition) is 4. The minimum atomic E-state index is -3.30. The van der Waals surface area contributed by atoms with Gasteiger partial charge in [0.15, 0.2) is 0 Å². The second-order valence-electron chi connectivity index (χ2n) is 5.96. The molecule has 0 heterocycles. The Bertz CT molecular complexity index is 805. The van der Waals surface area contributed by atoms with Crippen LogP contribution in [0.25, 0.3) is 0 Å². The highest BCUT2D eigenvalue weighted by molar-refractivity contribution is 7.92. The number of nitrogens with one attached hydrogen (secondary N) is 3. The second-order valence-corrected chi connectivity index (χ2v) is 7.71. The third-order valence-electron chi connectivity index (χ3n) is 3.62. The van der Waals surface area contributed by atoms with E-state index < -0.39 is 16.1 Å². The van der Waals surface area contributed by atoms with Crippen LogP contribution in [0.1, 0.15) is 25.5 Å². The summed E-state index contributed by atoms with van der Waals surface area (Å²) >= 11 is 0. The summed E-state index contributed by atoms with van der Waals surface area (Å²) in [6.07, 6.45) is 1.10. The quantitative estimate of drug-likeness (QED) is 0.708. The molecule has 1 amide bonds. The molecule has 2 rings (SSSR count). The molecule has 3 N–H and O–H groups in total. The first kappa shape index (κ1) is 18.8. The monoisotopic (exact) mass is 361 g/mol. The Kier molecular flexibility index (Phi) is 6.03. The third-order valence-corrected chi connectivity index (χ3v) is 4.23. The van der Waals surface area contributed by atoms with Gasteiger partial charge >= 0.3 is 0 Å². The van der Waals surface area contributed by atoms with Crippen LogP contribution >= 0.6 is 0 Å². The highest BCUT2D eigenvalue weighted by atomic mass is 32.2. The zero-order chi connectivity index (χ0) is 18.4. The smallest absolute Gasteiger partial charge is 0.242 e. The molecule has 0 unspecified atom stereocenters. The lowest BCUT2D eigenvalue weighted by molar-refractivity contribution is -0.122. The Morgan fingerprint density at radius 2 is 1.48 bits per heavy atom. The van der Waals surface area contributed by atoms with E-state index in [1.807, 2.05) is 37.3 Å². The van der Waals surface area contributed by atoms with Crippen LogP contribution in [-0.4, -0.2) is 26.6 Å². The maximum absolute atomic E-state index is 12.3. The molecule has 0 radical (unpaired) electrons. The molecule has 0 spiro atoms. The molecule has 0 aliphatic heterocycles. The van der Waals surface area contributed by atoms with Gasteiger partial charge in [-0.3, -0.25) is 9.52 Å². The van der Waals surface area contributed by atoms with Gasteiger partial charge in [-0.1, -0.05) is 30.3 Å². The zero-order valence-corrected chi connectivity index (χ0v) is 15.3. The molecule has 7 heteroatoms. The van der Waals surface area contributed by atoms with Crippen LogP contribution in [0, 0.1) is 0 Å². The van der Waals surface area contributed by atoms with E-state index in [4.69, 9.17) is 0 Å². The predicted molar refractivity (Wildman–Crippen MR) is 101 cm³/mol. The van der Waals surface area contributed by atoms with E-state index in [-0.39, 0.29) is 11.9 Å². The number of hydrogen-bond donors (Lipinski definition) is 3. The molecule has 0 aliphatic carbocycles. The van der Waals surface area contributed by atoms with Crippen LogP contribution in [-0.2, 0) is 14.8 Å². The van der Waals surface area contributed by atoms with Crippen molar-refractivity contribution in [3.05, 3.63) is 60.2 Å². The normalized spacial score (nSPS) is 13.6. The summed E-state index contributed by atoms with van der Waals surface area (Å²) in [5.41, 5.74) is 2.25. The summed E-state index contributed by atoms with van der Waals surface area (Å²) in [7, 11) is -3.30.